The van der Waals surface area contributed by atoms with Crippen molar-refractivity contribution in [3.05, 3.63) is 42.1 Å². The van der Waals surface area contributed by atoms with E-state index in [0.717, 1.165) is 5.75 Å². The summed E-state index contributed by atoms with van der Waals surface area (Å²) in [6.07, 6.45) is 5.56. The van der Waals surface area contributed by atoms with Gasteiger partial charge in [0.1, 0.15) is 0 Å². The zero-order valence-electron chi connectivity index (χ0n) is 8.49. The summed E-state index contributed by atoms with van der Waals surface area (Å²) in [5.41, 5.74) is 4.13. The molecule has 0 saturated carbocycles. The average Bonchev–Trinajstić information content (AvgIpc) is 2.77. The molecule has 0 fully saturated rings. The van der Waals surface area contributed by atoms with Crippen LogP contribution in [0.2, 0.25) is 0 Å². The number of hydrogen-bond donors (Lipinski definition) is 1. The number of thioether (sulfide) groups is 1. The second-order valence-electron chi connectivity index (χ2n) is 3.83. The van der Waals surface area contributed by atoms with Gasteiger partial charge in [0.25, 0.3) is 0 Å². The number of rotatable bonds is 1. The molecule has 0 amide bonds. The van der Waals surface area contributed by atoms with Crippen LogP contribution >= 0.6 is 11.8 Å². The maximum absolute atomic E-state index is 3.27. The Balaban J connectivity index is 2.06. The lowest BCUT2D eigenvalue weighted by molar-refractivity contribution is 1.23. The van der Waals surface area contributed by atoms with E-state index in [1.54, 1.807) is 0 Å². The van der Waals surface area contributed by atoms with Crippen LogP contribution < -0.4 is 0 Å². The predicted molar refractivity (Wildman–Crippen MR) is 68.2 cm³/mol. The van der Waals surface area contributed by atoms with E-state index in [2.05, 4.69) is 35.3 Å². The Bertz CT molecular complexity index is 510. The molecule has 1 aliphatic heterocycles. The summed E-state index contributed by atoms with van der Waals surface area (Å²) in [4.78, 5) is 3.27. The van der Waals surface area contributed by atoms with Gasteiger partial charge in [-0.2, -0.15) is 11.8 Å². The van der Waals surface area contributed by atoms with E-state index < -0.39 is 0 Å². The van der Waals surface area contributed by atoms with Gasteiger partial charge < -0.3 is 4.98 Å². The molecule has 1 aromatic heterocycles. The van der Waals surface area contributed by atoms with E-state index in [-0.39, 0.29) is 0 Å². The highest BCUT2D eigenvalue weighted by Crippen LogP contribution is 2.27. The second-order valence-corrected chi connectivity index (χ2v) is 4.98. The SMILES string of the molecule is C1=C(c2ccc3cc[nH]c3c2)CCSC1. The number of nitrogens with one attached hydrogen (secondary N) is 1. The summed E-state index contributed by atoms with van der Waals surface area (Å²) in [5, 5.41) is 1.30. The van der Waals surface area contributed by atoms with Gasteiger partial charge in [0.15, 0.2) is 0 Å². The molecule has 0 spiro atoms. The molecule has 0 bridgehead atoms. The van der Waals surface area contributed by atoms with Gasteiger partial charge in [0, 0.05) is 17.5 Å². The van der Waals surface area contributed by atoms with Crippen LogP contribution in [-0.2, 0) is 0 Å². The fourth-order valence-corrected chi connectivity index (χ4v) is 2.89. The van der Waals surface area contributed by atoms with Crippen LogP contribution in [0.1, 0.15) is 12.0 Å². The number of benzene rings is 1. The summed E-state index contributed by atoms with van der Waals surface area (Å²) < 4.78 is 0. The normalized spacial score (nSPS) is 16.7. The molecule has 0 radical (unpaired) electrons. The Hall–Kier alpha value is -1.15. The van der Waals surface area contributed by atoms with Gasteiger partial charge >= 0.3 is 0 Å². The Morgan fingerprint density at radius 2 is 2.20 bits per heavy atom. The number of H-pyrrole nitrogens is 1. The average molecular weight is 215 g/mol. The number of aromatic nitrogens is 1. The van der Waals surface area contributed by atoms with Gasteiger partial charge in [-0.3, -0.25) is 0 Å². The third-order valence-electron chi connectivity index (χ3n) is 2.89. The second kappa shape index (κ2) is 3.78. The molecule has 0 saturated heterocycles. The zero-order chi connectivity index (χ0) is 10.1. The first-order valence-electron chi connectivity index (χ1n) is 5.28. The monoisotopic (exact) mass is 215 g/mol. The molecule has 1 nitrogen and oxygen atoms in total. The highest BCUT2D eigenvalue weighted by Gasteiger charge is 2.06. The third-order valence-corrected chi connectivity index (χ3v) is 3.78. The van der Waals surface area contributed by atoms with Crippen molar-refractivity contribution in [2.24, 2.45) is 0 Å². The van der Waals surface area contributed by atoms with Crippen LogP contribution in [0.15, 0.2) is 36.5 Å². The fraction of sp³-hybridized carbons (Fsp3) is 0.231. The van der Waals surface area contributed by atoms with Gasteiger partial charge in [-0.1, -0.05) is 18.2 Å². The number of fused-ring (bicyclic) bond motifs is 1. The topological polar surface area (TPSA) is 15.8 Å². The summed E-state index contributed by atoms with van der Waals surface area (Å²) in [6.45, 7) is 0. The number of allylic oxidation sites excluding steroid dienone is 1. The molecule has 2 heteroatoms. The minimum absolute atomic E-state index is 1.16. The van der Waals surface area contributed by atoms with Crippen LogP contribution in [0.25, 0.3) is 16.5 Å². The fourth-order valence-electron chi connectivity index (χ4n) is 2.04. The van der Waals surface area contributed by atoms with Crippen LogP contribution in [-0.4, -0.2) is 16.5 Å². The largest absolute Gasteiger partial charge is 0.361 e. The molecule has 76 valence electrons. The molecular formula is C13H13NS. The summed E-state index contributed by atoms with van der Waals surface area (Å²) >= 11 is 2.01. The van der Waals surface area contributed by atoms with Crippen molar-refractivity contribution in [1.29, 1.82) is 0 Å². The highest BCUT2D eigenvalue weighted by molar-refractivity contribution is 7.99. The molecule has 1 aromatic carbocycles. The van der Waals surface area contributed by atoms with E-state index in [1.807, 2.05) is 18.0 Å². The molecule has 3 rings (SSSR count). The molecule has 0 unspecified atom stereocenters. The van der Waals surface area contributed by atoms with Crippen molar-refractivity contribution in [2.45, 2.75) is 6.42 Å². The van der Waals surface area contributed by atoms with Gasteiger partial charge in [0.05, 0.1) is 0 Å². The predicted octanol–water partition coefficient (Wildman–Crippen LogP) is 3.69. The molecule has 15 heavy (non-hydrogen) atoms. The first kappa shape index (κ1) is 9.10. The minimum atomic E-state index is 1.16. The number of aromatic amines is 1. The summed E-state index contributed by atoms with van der Waals surface area (Å²) in [6, 6.07) is 8.81. The lowest BCUT2D eigenvalue weighted by Crippen LogP contribution is -1.94. The third kappa shape index (κ3) is 1.70. The number of hydrogen-bond acceptors (Lipinski definition) is 1. The molecule has 0 aliphatic carbocycles. The Labute approximate surface area is 93.6 Å². The molecular weight excluding hydrogens is 202 g/mol. The Morgan fingerprint density at radius 1 is 1.20 bits per heavy atom. The van der Waals surface area contributed by atoms with Crippen molar-refractivity contribution in [2.75, 3.05) is 11.5 Å². The van der Waals surface area contributed by atoms with Crippen LogP contribution in [0.5, 0.6) is 0 Å². The van der Waals surface area contributed by atoms with Gasteiger partial charge in [-0.25, -0.2) is 0 Å². The van der Waals surface area contributed by atoms with Crippen molar-refractivity contribution in [3.63, 3.8) is 0 Å². The van der Waals surface area contributed by atoms with Gasteiger partial charge in [-0.05, 0) is 40.8 Å². The minimum Gasteiger partial charge on any atom is -0.361 e. The van der Waals surface area contributed by atoms with Gasteiger partial charge in [-0.15, -0.1) is 0 Å². The summed E-state index contributed by atoms with van der Waals surface area (Å²) in [7, 11) is 0. The smallest absolute Gasteiger partial charge is 0.0460 e. The Morgan fingerprint density at radius 3 is 3.07 bits per heavy atom. The quantitative estimate of drug-likeness (QED) is 0.767. The van der Waals surface area contributed by atoms with Crippen molar-refractivity contribution >= 4 is 28.2 Å². The lowest BCUT2D eigenvalue weighted by Gasteiger charge is -2.12. The van der Waals surface area contributed by atoms with E-state index in [0.29, 0.717) is 0 Å². The highest BCUT2D eigenvalue weighted by atomic mass is 32.2. The first-order chi connectivity index (χ1) is 7.43. The van der Waals surface area contributed by atoms with Gasteiger partial charge in [0.2, 0.25) is 0 Å². The van der Waals surface area contributed by atoms with Crippen molar-refractivity contribution in [1.82, 2.24) is 4.98 Å². The molecule has 2 aromatic rings. The van der Waals surface area contributed by atoms with Crippen LogP contribution in [0, 0.1) is 0 Å². The Kier molecular flexibility index (Phi) is 2.29. The van der Waals surface area contributed by atoms with Crippen LogP contribution in [0.4, 0.5) is 0 Å². The summed E-state index contributed by atoms with van der Waals surface area (Å²) in [5.74, 6) is 2.42. The van der Waals surface area contributed by atoms with Crippen LogP contribution in [0.3, 0.4) is 0 Å². The van der Waals surface area contributed by atoms with E-state index in [1.165, 1.54) is 34.2 Å². The van der Waals surface area contributed by atoms with E-state index in [9.17, 15) is 0 Å². The molecule has 2 heterocycles. The maximum Gasteiger partial charge on any atom is 0.0460 e. The molecule has 1 N–H and O–H groups in total. The first-order valence-corrected chi connectivity index (χ1v) is 6.43. The van der Waals surface area contributed by atoms with Crippen molar-refractivity contribution < 1.29 is 0 Å². The lowest BCUT2D eigenvalue weighted by atomic mass is 10.0. The maximum atomic E-state index is 3.27. The van der Waals surface area contributed by atoms with Crippen molar-refractivity contribution in [3.8, 4) is 0 Å². The zero-order valence-corrected chi connectivity index (χ0v) is 9.31. The van der Waals surface area contributed by atoms with E-state index >= 15 is 0 Å². The standard InChI is InChI=1S/C13H13NS/c1-2-12(10-4-7-15-8-5-10)9-13-11(1)3-6-14-13/h1-4,6,9,14H,5,7-8H2. The van der Waals surface area contributed by atoms with E-state index in [4.69, 9.17) is 0 Å². The molecule has 0 atom stereocenters. The molecule has 1 aliphatic rings.